The van der Waals surface area contributed by atoms with E-state index >= 15 is 0 Å². The Labute approximate surface area is 178 Å². The van der Waals surface area contributed by atoms with Crippen molar-refractivity contribution in [2.24, 2.45) is 5.10 Å². The van der Waals surface area contributed by atoms with Crippen LogP contribution in [0.3, 0.4) is 0 Å². The number of anilines is 3. The van der Waals surface area contributed by atoms with Crippen LogP contribution in [0.1, 0.15) is 10.9 Å². The molecule has 0 saturated heterocycles. The fourth-order valence-corrected chi connectivity index (χ4v) is 3.83. The van der Waals surface area contributed by atoms with Gasteiger partial charge < -0.3 is 10.6 Å². The average molecular weight is 424 g/mol. The maximum atomic E-state index is 13.9. The smallest absolute Gasteiger partial charge is 0.175 e. The van der Waals surface area contributed by atoms with Gasteiger partial charge >= 0.3 is 0 Å². The van der Waals surface area contributed by atoms with Gasteiger partial charge in [-0.25, -0.2) is 4.39 Å². The summed E-state index contributed by atoms with van der Waals surface area (Å²) in [6.45, 7) is 0. The van der Waals surface area contributed by atoms with E-state index in [1.807, 2.05) is 54.6 Å². The van der Waals surface area contributed by atoms with Crippen molar-refractivity contribution in [1.29, 1.82) is 0 Å². The van der Waals surface area contributed by atoms with Gasteiger partial charge in [0.05, 0.1) is 11.2 Å². The summed E-state index contributed by atoms with van der Waals surface area (Å²) < 4.78 is 13.9. The van der Waals surface area contributed by atoms with Gasteiger partial charge in [0.2, 0.25) is 0 Å². The number of halogens is 1. The van der Waals surface area contributed by atoms with Crippen molar-refractivity contribution in [3.8, 4) is 0 Å². The molecule has 0 amide bonds. The summed E-state index contributed by atoms with van der Waals surface area (Å²) in [5.41, 5.74) is 7.98. The molecule has 0 aromatic heterocycles. The maximum absolute atomic E-state index is 13.9. The lowest BCUT2D eigenvalue weighted by Crippen LogP contribution is -2.25. The molecule has 0 aliphatic carbocycles. The predicted octanol–water partition coefficient (Wildman–Crippen LogP) is 5.65. The second-order valence-corrected chi connectivity index (χ2v) is 7.55. The summed E-state index contributed by atoms with van der Waals surface area (Å²) in [4.78, 5) is 0. The molecule has 8 heteroatoms. The summed E-state index contributed by atoms with van der Waals surface area (Å²) in [6.07, 6.45) is 0. The minimum Gasteiger partial charge on any atom is -0.332 e. The Morgan fingerprint density at radius 1 is 0.897 bits per heavy atom. The zero-order valence-corrected chi connectivity index (χ0v) is 16.9. The van der Waals surface area contributed by atoms with Gasteiger partial charge in [-0.05, 0) is 54.2 Å². The number of para-hydroxylation sites is 2. The first-order valence-electron chi connectivity index (χ1n) is 8.90. The van der Waals surface area contributed by atoms with Crippen LogP contribution >= 0.6 is 24.0 Å². The molecule has 3 aromatic rings. The largest absolute Gasteiger partial charge is 0.332 e. The number of hydrazone groups is 1. The number of thioether (sulfide) groups is 1. The second-order valence-electron chi connectivity index (χ2n) is 6.21. The Morgan fingerprint density at radius 2 is 1.55 bits per heavy atom. The summed E-state index contributed by atoms with van der Waals surface area (Å²) in [5.74, 6) is -0.322. The van der Waals surface area contributed by atoms with Crippen LogP contribution < -0.4 is 16.1 Å². The number of hydrazine groups is 1. The Hall–Kier alpha value is -3.10. The normalized spacial score (nSPS) is 15.2. The van der Waals surface area contributed by atoms with Crippen molar-refractivity contribution in [2.75, 3.05) is 16.1 Å². The first-order valence-corrected chi connectivity index (χ1v) is 10.3. The molecule has 3 aromatic carbocycles. The molecule has 4 rings (SSSR count). The van der Waals surface area contributed by atoms with Crippen LogP contribution in [0.25, 0.3) is 0 Å². The minimum atomic E-state index is -0.322. The third kappa shape index (κ3) is 4.85. The summed E-state index contributed by atoms with van der Waals surface area (Å²) in [6, 6.07) is 24.2. The van der Waals surface area contributed by atoms with Gasteiger partial charge in [-0.15, -0.1) is 0 Å². The van der Waals surface area contributed by atoms with Gasteiger partial charge in [0.25, 0.3) is 0 Å². The Morgan fingerprint density at radius 3 is 2.28 bits per heavy atom. The molecule has 0 bridgehead atoms. The number of benzene rings is 3. The Kier molecular flexibility index (Phi) is 5.92. The molecule has 0 spiro atoms. The highest BCUT2D eigenvalue weighted by Gasteiger charge is 2.24. The van der Waals surface area contributed by atoms with E-state index in [2.05, 4.69) is 21.2 Å². The lowest BCUT2D eigenvalue weighted by atomic mass is 10.2. The molecule has 29 heavy (non-hydrogen) atoms. The highest BCUT2D eigenvalue weighted by atomic mass is 32.2. The molecule has 5 nitrogen and oxygen atoms in total. The molecule has 1 unspecified atom stereocenters. The molecule has 3 N–H and O–H groups in total. The van der Waals surface area contributed by atoms with Crippen molar-refractivity contribution in [3.05, 3.63) is 90.2 Å². The Balaban J connectivity index is 1.39. The van der Waals surface area contributed by atoms with Crippen molar-refractivity contribution >= 4 is 51.7 Å². The fraction of sp³-hybridized carbons (Fsp3) is 0.0476. The third-order valence-electron chi connectivity index (χ3n) is 4.18. The SMILES string of the molecule is Fc1ccccc1NN1N=CSC1c1ccc(NC(=S)Nc2ccccc2)cc1. The molecule has 0 saturated carbocycles. The van der Waals surface area contributed by atoms with E-state index in [0.717, 1.165) is 16.9 Å². The van der Waals surface area contributed by atoms with Gasteiger partial charge in [-0.2, -0.15) is 10.2 Å². The molecular weight excluding hydrogens is 405 g/mol. The number of thiocarbonyl (C=S) groups is 1. The average Bonchev–Trinajstić information content (AvgIpc) is 3.19. The molecule has 1 aliphatic rings. The lowest BCUT2D eigenvalue weighted by Gasteiger charge is -2.24. The van der Waals surface area contributed by atoms with E-state index in [1.54, 1.807) is 40.6 Å². The molecule has 146 valence electrons. The highest BCUT2D eigenvalue weighted by Crippen LogP contribution is 2.36. The summed E-state index contributed by atoms with van der Waals surface area (Å²) in [7, 11) is 0. The van der Waals surface area contributed by atoms with Crippen LogP contribution in [-0.2, 0) is 0 Å². The molecule has 1 heterocycles. The zero-order valence-electron chi connectivity index (χ0n) is 15.2. The van der Waals surface area contributed by atoms with E-state index in [0.29, 0.717) is 10.8 Å². The van der Waals surface area contributed by atoms with E-state index in [-0.39, 0.29) is 11.2 Å². The molecular formula is C21H18FN5S2. The Bertz CT molecular complexity index is 1010. The monoisotopic (exact) mass is 423 g/mol. The minimum absolute atomic E-state index is 0.0990. The van der Waals surface area contributed by atoms with Crippen molar-refractivity contribution in [3.63, 3.8) is 0 Å². The lowest BCUT2D eigenvalue weighted by molar-refractivity contribution is 0.339. The van der Waals surface area contributed by atoms with E-state index in [9.17, 15) is 4.39 Å². The van der Waals surface area contributed by atoms with Gasteiger partial charge in [-0.1, -0.05) is 54.2 Å². The van der Waals surface area contributed by atoms with Crippen LogP contribution in [0.5, 0.6) is 0 Å². The zero-order chi connectivity index (χ0) is 20.1. The van der Waals surface area contributed by atoms with Crippen LogP contribution in [0, 0.1) is 5.82 Å². The van der Waals surface area contributed by atoms with Gasteiger partial charge in [-0.3, -0.25) is 5.43 Å². The molecule has 0 radical (unpaired) electrons. The standard InChI is InChI=1S/C21H18FN5S2/c22-18-8-4-5-9-19(18)26-27-20(29-14-23-27)15-10-12-17(13-11-15)25-21(28)24-16-6-2-1-3-7-16/h1-14,20,26H,(H2,24,25,28). The van der Waals surface area contributed by atoms with Crippen LogP contribution in [0.2, 0.25) is 0 Å². The number of hydrogen-bond acceptors (Lipinski definition) is 5. The van der Waals surface area contributed by atoms with Gasteiger partial charge in [0, 0.05) is 11.4 Å². The van der Waals surface area contributed by atoms with E-state index in [4.69, 9.17) is 12.2 Å². The number of nitrogens with one attached hydrogen (secondary N) is 3. The van der Waals surface area contributed by atoms with Crippen molar-refractivity contribution in [1.82, 2.24) is 5.12 Å². The van der Waals surface area contributed by atoms with Gasteiger partial charge in [0.15, 0.2) is 5.11 Å². The predicted molar refractivity (Wildman–Crippen MR) is 123 cm³/mol. The number of hydrogen-bond donors (Lipinski definition) is 3. The first kappa shape index (κ1) is 19.2. The van der Waals surface area contributed by atoms with Crippen LogP contribution in [0.4, 0.5) is 21.5 Å². The molecule has 1 atom stereocenters. The summed E-state index contributed by atoms with van der Waals surface area (Å²) in [5, 5.41) is 12.7. The molecule has 1 aliphatic heterocycles. The van der Waals surface area contributed by atoms with Crippen LogP contribution in [0.15, 0.2) is 84.0 Å². The highest BCUT2D eigenvalue weighted by molar-refractivity contribution is 8.12. The van der Waals surface area contributed by atoms with Gasteiger partial charge in [0.1, 0.15) is 11.2 Å². The molecule has 0 fully saturated rings. The quantitative estimate of drug-likeness (QED) is 0.461. The topological polar surface area (TPSA) is 51.7 Å². The second kappa shape index (κ2) is 8.93. The fourth-order valence-electron chi connectivity index (χ4n) is 2.78. The number of nitrogens with zero attached hydrogens (tertiary/aromatic N) is 2. The first-order chi connectivity index (χ1) is 14.2. The maximum Gasteiger partial charge on any atom is 0.175 e. The van der Waals surface area contributed by atoms with E-state index in [1.165, 1.54) is 6.07 Å². The van der Waals surface area contributed by atoms with Crippen LogP contribution in [-0.4, -0.2) is 15.8 Å². The van der Waals surface area contributed by atoms with E-state index < -0.39 is 0 Å². The van der Waals surface area contributed by atoms with Crippen molar-refractivity contribution < 1.29 is 4.39 Å². The summed E-state index contributed by atoms with van der Waals surface area (Å²) >= 11 is 6.90. The van der Waals surface area contributed by atoms with Crippen molar-refractivity contribution in [2.45, 2.75) is 5.37 Å². The third-order valence-corrected chi connectivity index (χ3v) is 5.33. The number of rotatable bonds is 5.